The summed E-state index contributed by atoms with van der Waals surface area (Å²) in [5, 5.41) is 4.42. The molecule has 0 spiro atoms. The zero-order valence-electron chi connectivity index (χ0n) is 17.4. The topological polar surface area (TPSA) is 36.7 Å². The molecule has 0 bridgehead atoms. The summed E-state index contributed by atoms with van der Waals surface area (Å²) < 4.78 is 42.0. The van der Waals surface area contributed by atoms with Crippen LogP contribution in [0.25, 0.3) is 5.65 Å². The van der Waals surface area contributed by atoms with E-state index in [1.165, 1.54) is 0 Å². The monoisotopic (exact) mass is 409 g/mol. The molecule has 4 heterocycles. The van der Waals surface area contributed by atoms with E-state index < -0.39 is 11.9 Å². The van der Waals surface area contributed by atoms with Crippen LogP contribution in [0.4, 0.5) is 13.2 Å². The fraction of sp³-hybridized carbons (Fsp3) is 0.714. The standard InChI is InChI=1S/C21H30F3N5/c1-4-27-10-7-15(8-11-27)28-9-5-6-18(28)17-13-20-25-16(14(2)3)12-19(21(22,23)24)29(20)26-17/h12-15,18H,4-11H2,1-3H3/t18-/m1/s1. The summed E-state index contributed by atoms with van der Waals surface area (Å²) in [5.74, 6) is -0.0776. The Kier molecular flexibility index (Phi) is 5.59. The van der Waals surface area contributed by atoms with E-state index in [0.717, 1.165) is 68.1 Å². The second-order valence-electron chi connectivity index (χ2n) is 8.62. The van der Waals surface area contributed by atoms with Gasteiger partial charge < -0.3 is 4.90 Å². The Morgan fingerprint density at radius 3 is 2.45 bits per heavy atom. The van der Waals surface area contributed by atoms with Gasteiger partial charge in [0.2, 0.25) is 0 Å². The Balaban J connectivity index is 1.67. The lowest BCUT2D eigenvalue weighted by molar-refractivity contribution is -0.142. The largest absolute Gasteiger partial charge is 0.433 e. The molecule has 2 aliphatic rings. The van der Waals surface area contributed by atoms with Gasteiger partial charge in [-0.3, -0.25) is 4.90 Å². The van der Waals surface area contributed by atoms with Gasteiger partial charge in [0.15, 0.2) is 5.65 Å². The highest BCUT2D eigenvalue weighted by Gasteiger charge is 2.38. The van der Waals surface area contributed by atoms with Gasteiger partial charge in [0.1, 0.15) is 5.69 Å². The van der Waals surface area contributed by atoms with E-state index in [1.54, 1.807) is 6.07 Å². The quantitative estimate of drug-likeness (QED) is 0.746. The number of halogens is 3. The van der Waals surface area contributed by atoms with Crippen LogP contribution >= 0.6 is 0 Å². The smallest absolute Gasteiger partial charge is 0.303 e. The molecule has 29 heavy (non-hydrogen) atoms. The summed E-state index contributed by atoms with van der Waals surface area (Å²) in [7, 11) is 0. The van der Waals surface area contributed by atoms with Crippen LogP contribution in [-0.2, 0) is 6.18 Å². The average molecular weight is 410 g/mol. The molecule has 5 nitrogen and oxygen atoms in total. The average Bonchev–Trinajstić information content (AvgIpc) is 3.32. The third-order valence-corrected chi connectivity index (χ3v) is 6.46. The first-order valence-corrected chi connectivity index (χ1v) is 10.7. The van der Waals surface area contributed by atoms with Crippen molar-refractivity contribution in [1.82, 2.24) is 24.4 Å². The molecule has 0 aliphatic carbocycles. The van der Waals surface area contributed by atoms with Gasteiger partial charge in [-0.25, -0.2) is 9.50 Å². The maximum atomic E-state index is 13.7. The van der Waals surface area contributed by atoms with E-state index in [2.05, 4.69) is 26.8 Å². The van der Waals surface area contributed by atoms with Crippen molar-refractivity contribution >= 4 is 5.65 Å². The Labute approximate surface area is 169 Å². The van der Waals surface area contributed by atoms with Crippen LogP contribution in [0.5, 0.6) is 0 Å². The van der Waals surface area contributed by atoms with Gasteiger partial charge in [-0.2, -0.15) is 18.3 Å². The number of likely N-dealkylation sites (tertiary alicyclic amines) is 2. The number of piperidine rings is 1. The van der Waals surface area contributed by atoms with Gasteiger partial charge in [0.05, 0.1) is 11.7 Å². The SMILES string of the molecule is CCN1CCC(N2CCC[C@@H]2c2cc3nc(C(C)C)cc(C(F)(F)F)n3n2)CC1. The molecule has 0 unspecified atom stereocenters. The molecule has 4 rings (SSSR count). The van der Waals surface area contributed by atoms with Crippen molar-refractivity contribution in [2.24, 2.45) is 0 Å². The van der Waals surface area contributed by atoms with E-state index in [0.29, 0.717) is 17.4 Å². The molecule has 1 atom stereocenters. The van der Waals surface area contributed by atoms with Crippen molar-refractivity contribution < 1.29 is 13.2 Å². The molecule has 0 N–H and O–H groups in total. The van der Waals surface area contributed by atoms with Crippen LogP contribution in [0, 0.1) is 0 Å². The van der Waals surface area contributed by atoms with E-state index >= 15 is 0 Å². The zero-order valence-corrected chi connectivity index (χ0v) is 17.4. The number of aromatic nitrogens is 3. The molecular weight excluding hydrogens is 379 g/mol. The maximum absolute atomic E-state index is 13.7. The van der Waals surface area contributed by atoms with Gasteiger partial charge in [-0.1, -0.05) is 20.8 Å². The second-order valence-corrected chi connectivity index (χ2v) is 8.62. The molecule has 2 aliphatic heterocycles. The lowest BCUT2D eigenvalue weighted by atomic mass is 10.0. The summed E-state index contributed by atoms with van der Waals surface area (Å²) in [4.78, 5) is 9.41. The maximum Gasteiger partial charge on any atom is 0.433 e. The molecular formula is C21H30F3N5. The van der Waals surface area contributed by atoms with E-state index in [1.807, 2.05) is 13.8 Å². The van der Waals surface area contributed by atoms with E-state index in [9.17, 15) is 13.2 Å². The van der Waals surface area contributed by atoms with Crippen molar-refractivity contribution in [3.05, 3.63) is 29.2 Å². The number of alkyl halides is 3. The first-order chi connectivity index (χ1) is 13.8. The number of nitrogens with zero attached hydrogens (tertiary/aromatic N) is 5. The van der Waals surface area contributed by atoms with Gasteiger partial charge in [0.25, 0.3) is 0 Å². The molecule has 2 aromatic heterocycles. The predicted octanol–water partition coefficient (Wildman–Crippen LogP) is 4.49. The highest BCUT2D eigenvalue weighted by molar-refractivity contribution is 5.44. The lowest BCUT2D eigenvalue weighted by Gasteiger charge is -2.38. The molecule has 2 aromatic rings. The Hall–Kier alpha value is -1.67. The van der Waals surface area contributed by atoms with Crippen LogP contribution in [0.15, 0.2) is 12.1 Å². The highest BCUT2D eigenvalue weighted by Crippen LogP contribution is 2.37. The number of hydrogen-bond donors (Lipinski definition) is 0. The summed E-state index contributed by atoms with van der Waals surface area (Å²) >= 11 is 0. The normalized spacial score (nSPS) is 22.9. The summed E-state index contributed by atoms with van der Waals surface area (Å²) in [6, 6.07) is 3.47. The lowest BCUT2D eigenvalue weighted by Crippen LogP contribution is -2.44. The highest BCUT2D eigenvalue weighted by atomic mass is 19.4. The molecule has 0 aromatic carbocycles. The van der Waals surface area contributed by atoms with Crippen molar-refractivity contribution in [3.8, 4) is 0 Å². The van der Waals surface area contributed by atoms with E-state index in [-0.39, 0.29) is 12.0 Å². The molecule has 0 radical (unpaired) electrons. The van der Waals surface area contributed by atoms with Gasteiger partial charge >= 0.3 is 6.18 Å². The minimum atomic E-state index is -4.46. The molecule has 2 fully saturated rings. The summed E-state index contributed by atoms with van der Waals surface area (Å²) in [5.41, 5.74) is 0.732. The predicted molar refractivity (Wildman–Crippen MR) is 106 cm³/mol. The van der Waals surface area contributed by atoms with Crippen molar-refractivity contribution in [1.29, 1.82) is 0 Å². The summed E-state index contributed by atoms with van der Waals surface area (Å²) in [6.45, 7) is 10.2. The third kappa shape index (κ3) is 4.01. The first-order valence-electron chi connectivity index (χ1n) is 10.7. The Morgan fingerprint density at radius 2 is 1.83 bits per heavy atom. The van der Waals surface area contributed by atoms with Crippen LogP contribution < -0.4 is 0 Å². The molecule has 160 valence electrons. The minimum absolute atomic E-state index is 0.0776. The minimum Gasteiger partial charge on any atom is -0.303 e. The van der Waals surface area contributed by atoms with Crippen molar-refractivity contribution in [2.75, 3.05) is 26.2 Å². The Bertz CT molecular complexity index is 852. The first kappa shape index (κ1) is 20.6. The van der Waals surface area contributed by atoms with Gasteiger partial charge in [-0.15, -0.1) is 0 Å². The molecule has 2 saturated heterocycles. The number of rotatable bonds is 4. The molecule has 0 amide bonds. The van der Waals surface area contributed by atoms with Crippen molar-refractivity contribution in [2.45, 2.75) is 70.6 Å². The summed E-state index contributed by atoms with van der Waals surface area (Å²) in [6.07, 6.45) is -0.238. The Morgan fingerprint density at radius 1 is 1.10 bits per heavy atom. The van der Waals surface area contributed by atoms with Gasteiger partial charge in [-0.05, 0) is 63.8 Å². The number of fused-ring (bicyclic) bond motifs is 1. The fourth-order valence-corrected chi connectivity index (χ4v) is 4.78. The van der Waals surface area contributed by atoms with Crippen molar-refractivity contribution in [3.63, 3.8) is 0 Å². The fourth-order valence-electron chi connectivity index (χ4n) is 4.78. The van der Waals surface area contributed by atoms with Crippen LogP contribution in [-0.4, -0.2) is 56.6 Å². The van der Waals surface area contributed by atoms with Crippen LogP contribution in [0.1, 0.15) is 75.5 Å². The van der Waals surface area contributed by atoms with Crippen LogP contribution in [0.2, 0.25) is 0 Å². The van der Waals surface area contributed by atoms with Crippen LogP contribution in [0.3, 0.4) is 0 Å². The zero-order chi connectivity index (χ0) is 20.8. The molecule has 0 saturated carbocycles. The van der Waals surface area contributed by atoms with E-state index in [4.69, 9.17) is 0 Å². The molecule has 8 heteroatoms. The second kappa shape index (κ2) is 7.87. The third-order valence-electron chi connectivity index (χ3n) is 6.46. The van der Waals surface area contributed by atoms with Gasteiger partial charge in [0, 0.05) is 17.8 Å². The number of hydrogen-bond acceptors (Lipinski definition) is 4.